The molecule has 2 aromatic rings. The first kappa shape index (κ1) is 11.5. The summed E-state index contributed by atoms with van der Waals surface area (Å²) in [5.74, 6) is -0.734. The standard InChI is InChI=1S/C13H15NO3/c1-7(2)8-4-5-10(15)11-9(13(16)17)6-14(3)12(8)11/h4-7,15H,1-3H3,(H,16,17). The van der Waals surface area contributed by atoms with Gasteiger partial charge in [-0.15, -0.1) is 0 Å². The molecule has 0 aliphatic rings. The largest absolute Gasteiger partial charge is 0.507 e. The van der Waals surface area contributed by atoms with Crippen LogP contribution < -0.4 is 0 Å². The molecule has 90 valence electrons. The van der Waals surface area contributed by atoms with Crippen LogP contribution in [0.2, 0.25) is 0 Å². The third-order valence-corrected chi connectivity index (χ3v) is 2.98. The molecule has 0 spiro atoms. The molecule has 17 heavy (non-hydrogen) atoms. The predicted octanol–water partition coefficient (Wildman–Crippen LogP) is 2.71. The third kappa shape index (κ3) is 1.65. The number of nitrogens with zero attached hydrogens (tertiary/aromatic N) is 1. The minimum Gasteiger partial charge on any atom is -0.507 e. The first-order chi connectivity index (χ1) is 7.93. The van der Waals surface area contributed by atoms with Gasteiger partial charge in [-0.2, -0.15) is 0 Å². The van der Waals surface area contributed by atoms with E-state index in [-0.39, 0.29) is 17.2 Å². The van der Waals surface area contributed by atoms with Crippen molar-refractivity contribution in [1.29, 1.82) is 0 Å². The molecule has 0 fully saturated rings. The predicted molar refractivity (Wildman–Crippen MR) is 65.6 cm³/mol. The molecule has 0 unspecified atom stereocenters. The summed E-state index contributed by atoms with van der Waals surface area (Å²) in [5.41, 5.74) is 1.97. The maximum atomic E-state index is 11.1. The molecule has 0 amide bonds. The Bertz CT molecular complexity index is 596. The number of benzene rings is 1. The van der Waals surface area contributed by atoms with Crippen molar-refractivity contribution < 1.29 is 15.0 Å². The molecule has 1 aromatic carbocycles. The lowest BCUT2D eigenvalue weighted by Gasteiger charge is -2.10. The summed E-state index contributed by atoms with van der Waals surface area (Å²) >= 11 is 0. The number of fused-ring (bicyclic) bond motifs is 1. The van der Waals surface area contributed by atoms with E-state index in [4.69, 9.17) is 5.11 Å². The zero-order valence-corrected chi connectivity index (χ0v) is 10.1. The van der Waals surface area contributed by atoms with E-state index < -0.39 is 5.97 Å². The van der Waals surface area contributed by atoms with Crippen LogP contribution in [0, 0.1) is 0 Å². The Balaban J connectivity index is 2.93. The highest BCUT2D eigenvalue weighted by Crippen LogP contribution is 2.34. The van der Waals surface area contributed by atoms with Gasteiger partial charge in [0.2, 0.25) is 0 Å². The number of phenols is 1. The molecule has 0 radical (unpaired) electrons. The van der Waals surface area contributed by atoms with E-state index in [1.807, 2.05) is 19.9 Å². The molecular weight excluding hydrogens is 218 g/mol. The Labute approximate surface area is 99.1 Å². The van der Waals surface area contributed by atoms with E-state index in [1.165, 1.54) is 0 Å². The summed E-state index contributed by atoms with van der Waals surface area (Å²) in [6, 6.07) is 3.40. The summed E-state index contributed by atoms with van der Waals surface area (Å²) in [7, 11) is 1.79. The number of carboxylic acid groups (broad SMARTS) is 1. The van der Waals surface area contributed by atoms with Crippen LogP contribution in [-0.2, 0) is 7.05 Å². The fourth-order valence-electron chi connectivity index (χ4n) is 2.19. The van der Waals surface area contributed by atoms with Crippen LogP contribution in [0.5, 0.6) is 5.75 Å². The van der Waals surface area contributed by atoms with Gasteiger partial charge in [-0.1, -0.05) is 19.9 Å². The van der Waals surface area contributed by atoms with Crippen LogP contribution in [0.1, 0.15) is 35.7 Å². The molecule has 1 heterocycles. The average Bonchev–Trinajstić information content (AvgIpc) is 2.58. The molecule has 0 aliphatic carbocycles. The number of aromatic nitrogens is 1. The Morgan fingerprint density at radius 1 is 1.35 bits per heavy atom. The summed E-state index contributed by atoms with van der Waals surface area (Å²) in [4.78, 5) is 11.1. The van der Waals surface area contributed by atoms with Crippen molar-refractivity contribution in [2.24, 2.45) is 7.05 Å². The van der Waals surface area contributed by atoms with E-state index >= 15 is 0 Å². The van der Waals surface area contributed by atoms with E-state index in [0.29, 0.717) is 5.39 Å². The molecule has 0 atom stereocenters. The lowest BCUT2D eigenvalue weighted by molar-refractivity contribution is 0.0698. The zero-order chi connectivity index (χ0) is 12.7. The second kappa shape index (κ2) is 3.80. The minimum atomic E-state index is -1.02. The quantitative estimate of drug-likeness (QED) is 0.838. The van der Waals surface area contributed by atoms with E-state index in [0.717, 1.165) is 11.1 Å². The molecule has 0 bridgehead atoms. The minimum absolute atomic E-state index is 0.0161. The second-order valence-corrected chi connectivity index (χ2v) is 4.51. The lowest BCUT2D eigenvalue weighted by atomic mass is 9.99. The number of hydrogen-bond acceptors (Lipinski definition) is 2. The molecule has 0 aliphatic heterocycles. The number of aryl methyl sites for hydroxylation is 1. The molecule has 4 heteroatoms. The van der Waals surface area contributed by atoms with Gasteiger partial charge >= 0.3 is 5.97 Å². The fraction of sp³-hybridized carbons (Fsp3) is 0.308. The first-order valence-corrected chi connectivity index (χ1v) is 5.47. The lowest BCUT2D eigenvalue weighted by Crippen LogP contribution is -1.95. The summed E-state index contributed by atoms with van der Waals surface area (Å²) in [6.07, 6.45) is 1.54. The van der Waals surface area contributed by atoms with Gasteiger partial charge < -0.3 is 14.8 Å². The van der Waals surface area contributed by atoms with Gasteiger partial charge in [0.25, 0.3) is 0 Å². The highest BCUT2D eigenvalue weighted by Gasteiger charge is 2.19. The van der Waals surface area contributed by atoms with E-state index in [9.17, 15) is 9.90 Å². The van der Waals surface area contributed by atoms with Crippen LogP contribution >= 0.6 is 0 Å². The molecule has 0 saturated heterocycles. The van der Waals surface area contributed by atoms with Crippen LogP contribution in [0.25, 0.3) is 10.9 Å². The van der Waals surface area contributed by atoms with Crippen molar-refractivity contribution in [2.75, 3.05) is 0 Å². The van der Waals surface area contributed by atoms with Gasteiger partial charge in [-0.3, -0.25) is 0 Å². The fourth-order valence-corrected chi connectivity index (χ4v) is 2.19. The third-order valence-electron chi connectivity index (χ3n) is 2.98. The number of carboxylic acids is 1. The van der Waals surface area contributed by atoms with Gasteiger partial charge in [0.1, 0.15) is 5.75 Å². The number of phenolic OH excluding ortho intramolecular Hbond substituents is 1. The second-order valence-electron chi connectivity index (χ2n) is 4.51. The van der Waals surface area contributed by atoms with Crippen molar-refractivity contribution in [3.05, 3.63) is 29.5 Å². The number of carbonyl (C=O) groups is 1. The average molecular weight is 233 g/mol. The van der Waals surface area contributed by atoms with E-state index in [2.05, 4.69) is 0 Å². The monoisotopic (exact) mass is 233 g/mol. The van der Waals surface area contributed by atoms with Crippen LogP contribution in [-0.4, -0.2) is 20.7 Å². The molecule has 1 aromatic heterocycles. The molecule has 0 saturated carbocycles. The molecular formula is C13H15NO3. The summed E-state index contributed by atoms with van der Waals surface area (Å²) < 4.78 is 1.76. The maximum Gasteiger partial charge on any atom is 0.338 e. The maximum absolute atomic E-state index is 11.1. The summed E-state index contributed by atoms with van der Waals surface area (Å²) in [6.45, 7) is 4.08. The van der Waals surface area contributed by atoms with Crippen molar-refractivity contribution in [3.8, 4) is 5.75 Å². The van der Waals surface area contributed by atoms with Crippen molar-refractivity contribution in [3.63, 3.8) is 0 Å². The number of aromatic carboxylic acids is 1. The Morgan fingerprint density at radius 2 is 2.00 bits per heavy atom. The van der Waals surface area contributed by atoms with Gasteiger partial charge in [-0.05, 0) is 17.5 Å². The summed E-state index contributed by atoms with van der Waals surface area (Å²) in [5, 5.41) is 19.4. The van der Waals surface area contributed by atoms with Crippen LogP contribution in [0.15, 0.2) is 18.3 Å². The SMILES string of the molecule is CC(C)c1ccc(O)c2c(C(=O)O)cn(C)c12. The normalized spacial score (nSPS) is 11.3. The van der Waals surface area contributed by atoms with Crippen LogP contribution in [0.3, 0.4) is 0 Å². The molecule has 4 nitrogen and oxygen atoms in total. The van der Waals surface area contributed by atoms with Gasteiger partial charge in [-0.25, -0.2) is 4.79 Å². The highest BCUT2D eigenvalue weighted by atomic mass is 16.4. The zero-order valence-electron chi connectivity index (χ0n) is 10.1. The van der Waals surface area contributed by atoms with Gasteiger partial charge in [0, 0.05) is 13.2 Å². The topological polar surface area (TPSA) is 62.5 Å². The van der Waals surface area contributed by atoms with Crippen LogP contribution in [0.4, 0.5) is 0 Å². The first-order valence-electron chi connectivity index (χ1n) is 5.47. The highest BCUT2D eigenvalue weighted by molar-refractivity contribution is 6.07. The van der Waals surface area contributed by atoms with Crippen molar-refractivity contribution >= 4 is 16.9 Å². The Morgan fingerprint density at radius 3 is 2.53 bits per heavy atom. The van der Waals surface area contributed by atoms with Crippen molar-refractivity contribution in [2.45, 2.75) is 19.8 Å². The van der Waals surface area contributed by atoms with Crippen molar-refractivity contribution in [1.82, 2.24) is 4.57 Å². The Kier molecular flexibility index (Phi) is 2.58. The molecule has 2 N–H and O–H groups in total. The van der Waals surface area contributed by atoms with Gasteiger partial charge in [0.15, 0.2) is 0 Å². The number of rotatable bonds is 2. The number of aromatic hydroxyl groups is 1. The van der Waals surface area contributed by atoms with Gasteiger partial charge in [0.05, 0.1) is 16.5 Å². The smallest absolute Gasteiger partial charge is 0.338 e. The number of hydrogen-bond donors (Lipinski definition) is 2. The Hall–Kier alpha value is -1.97. The van der Waals surface area contributed by atoms with E-state index in [1.54, 1.807) is 23.9 Å². The molecule has 2 rings (SSSR count).